The van der Waals surface area contributed by atoms with Gasteiger partial charge in [-0.05, 0) is 100 Å². The van der Waals surface area contributed by atoms with Crippen molar-refractivity contribution < 1.29 is 28.6 Å². The Labute approximate surface area is 321 Å². The first-order valence-electron chi connectivity index (χ1n) is 19.5. The predicted octanol–water partition coefficient (Wildman–Crippen LogP) is 7.41. The van der Waals surface area contributed by atoms with Crippen molar-refractivity contribution in [1.82, 2.24) is 35.1 Å². The molecule has 4 aromatic rings. The molecule has 3 N–H and O–H groups in total. The summed E-state index contributed by atoms with van der Waals surface area (Å²) in [6.07, 6.45) is 7.74. The highest BCUT2D eigenvalue weighted by molar-refractivity contribution is 5.87. The second kappa shape index (κ2) is 14.8. The van der Waals surface area contributed by atoms with Crippen LogP contribution in [0.25, 0.3) is 33.6 Å². The van der Waals surface area contributed by atoms with Gasteiger partial charge in [-0.1, -0.05) is 48.5 Å². The van der Waals surface area contributed by atoms with Gasteiger partial charge in [-0.15, -0.1) is 0 Å². The number of nitrogens with one attached hydrogen (secondary N) is 3. The molecule has 1 unspecified atom stereocenters. The minimum absolute atomic E-state index is 0.0108. The molecule has 1 saturated carbocycles. The Morgan fingerprint density at radius 1 is 0.800 bits per heavy atom. The fourth-order valence-electron chi connectivity index (χ4n) is 8.66. The summed E-state index contributed by atoms with van der Waals surface area (Å²) in [5, 5.41) is 2.85. The van der Waals surface area contributed by atoms with Crippen LogP contribution in [0.5, 0.6) is 0 Å². The zero-order chi connectivity index (χ0) is 38.4. The maximum atomic E-state index is 14.2. The number of nitrogens with zero attached hydrogens (tertiary/aromatic N) is 4. The van der Waals surface area contributed by atoms with Gasteiger partial charge in [-0.25, -0.2) is 19.6 Å². The molecule has 2 aromatic heterocycles. The summed E-state index contributed by atoms with van der Waals surface area (Å²) < 4.78 is 16.1. The molecule has 4 aliphatic rings. The Morgan fingerprint density at radius 2 is 1.36 bits per heavy atom. The van der Waals surface area contributed by atoms with Crippen molar-refractivity contribution in [2.24, 2.45) is 11.8 Å². The van der Waals surface area contributed by atoms with Crippen LogP contribution >= 0.6 is 0 Å². The van der Waals surface area contributed by atoms with Crippen molar-refractivity contribution in [3.63, 3.8) is 0 Å². The van der Waals surface area contributed by atoms with Gasteiger partial charge in [0, 0.05) is 25.3 Å². The average Bonchev–Trinajstić information content (AvgIpc) is 3.66. The number of piperidine rings is 1. The number of alkyl carbamates (subject to hydrolysis) is 1. The van der Waals surface area contributed by atoms with E-state index in [0.717, 1.165) is 71.0 Å². The fraction of sp³-hybridized carbons (Fsp3) is 0.500. The summed E-state index contributed by atoms with van der Waals surface area (Å²) in [6, 6.07) is 16.0. The molecule has 55 heavy (non-hydrogen) atoms. The SMILES string of the molecule is COC(=O)N[C@H](C(=O)N1[C@@H]2C[C@@H]2C[C@H]1c1ncc(-c2ccc(-c3ccc(-c4cnc([C@@H]5CCC(C)N5C(=O)OC(C)(C)C)[nH]4)cc3)cc2)[nH]1)C1CCOCC1. The number of benzene rings is 2. The first kappa shape index (κ1) is 36.8. The van der Waals surface area contributed by atoms with Crippen LogP contribution in [0, 0.1) is 11.8 Å². The molecule has 0 bridgehead atoms. The van der Waals surface area contributed by atoms with E-state index < -0.39 is 17.7 Å². The average molecular weight is 750 g/mol. The van der Waals surface area contributed by atoms with Gasteiger partial charge in [0.2, 0.25) is 5.91 Å². The molecule has 1 aliphatic carbocycles. The fourth-order valence-corrected chi connectivity index (χ4v) is 8.66. The van der Waals surface area contributed by atoms with Crippen LogP contribution in [0.15, 0.2) is 60.9 Å². The highest BCUT2D eigenvalue weighted by Crippen LogP contribution is 2.53. The van der Waals surface area contributed by atoms with E-state index in [4.69, 9.17) is 19.2 Å². The van der Waals surface area contributed by atoms with Crippen molar-refractivity contribution >= 4 is 18.1 Å². The van der Waals surface area contributed by atoms with E-state index in [1.54, 1.807) is 0 Å². The number of aromatic amines is 2. The number of imidazole rings is 2. The van der Waals surface area contributed by atoms with E-state index in [2.05, 4.69) is 75.7 Å². The van der Waals surface area contributed by atoms with E-state index in [1.165, 1.54) is 7.11 Å². The third-order valence-corrected chi connectivity index (χ3v) is 11.6. The number of hydrogen-bond donors (Lipinski definition) is 3. The van der Waals surface area contributed by atoms with Gasteiger partial charge >= 0.3 is 12.2 Å². The molecule has 3 amide bonds. The molecule has 3 aliphatic heterocycles. The molecule has 0 radical (unpaired) electrons. The molecule has 13 heteroatoms. The first-order valence-corrected chi connectivity index (χ1v) is 19.5. The van der Waals surface area contributed by atoms with Crippen molar-refractivity contribution in [2.75, 3.05) is 20.3 Å². The summed E-state index contributed by atoms with van der Waals surface area (Å²) >= 11 is 0. The maximum Gasteiger partial charge on any atom is 0.411 e. The van der Waals surface area contributed by atoms with Crippen molar-refractivity contribution in [3.8, 4) is 33.6 Å². The Hall–Kier alpha value is -5.17. The maximum absolute atomic E-state index is 14.2. The van der Waals surface area contributed by atoms with Gasteiger partial charge in [-0.3, -0.25) is 9.69 Å². The number of aromatic nitrogens is 4. The number of carbonyl (C=O) groups excluding carboxylic acids is 3. The van der Waals surface area contributed by atoms with E-state index in [9.17, 15) is 14.4 Å². The standard InChI is InChI=1S/C42H51N7O6/c1-24-6-15-33(48(24)41(52)55-42(2,3)4)37-43-22-31(45-37)27-11-7-25(8-12-27)26-9-13-28(14-10-26)32-23-44-38(46-32)35-21-30-20-34(30)49(35)39(50)36(47-40(51)53-5)29-16-18-54-19-17-29/h7-14,22-24,29-30,33-36H,6,15-21H2,1-5H3,(H,43,45)(H,44,46)(H,47,51)/t24?,30-,33+,34-,35+,36+/m1/s1. The predicted molar refractivity (Wildman–Crippen MR) is 206 cm³/mol. The molecule has 290 valence electrons. The highest BCUT2D eigenvalue weighted by Gasteiger charge is 2.56. The Kier molecular flexibility index (Phi) is 9.91. The molecule has 5 heterocycles. The molecule has 4 fully saturated rings. The van der Waals surface area contributed by atoms with Gasteiger partial charge in [0.15, 0.2) is 0 Å². The number of amides is 3. The highest BCUT2D eigenvalue weighted by atomic mass is 16.6. The van der Waals surface area contributed by atoms with E-state index >= 15 is 0 Å². The quantitative estimate of drug-likeness (QED) is 0.168. The van der Waals surface area contributed by atoms with Crippen molar-refractivity contribution in [3.05, 3.63) is 72.6 Å². The molecular formula is C42H51N7O6. The first-order chi connectivity index (χ1) is 26.5. The molecule has 2 aromatic carbocycles. The zero-order valence-corrected chi connectivity index (χ0v) is 32.2. The van der Waals surface area contributed by atoms with Gasteiger partial charge in [0.05, 0.1) is 43.0 Å². The van der Waals surface area contributed by atoms with Gasteiger partial charge in [-0.2, -0.15) is 0 Å². The van der Waals surface area contributed by atoms with E-state index in [-0.39, 0.29) is 42.1 Å². The topological polar surface area (TPSA) is 155 Å². The number of likely N-dealkylation sites (tertiary alicyclic amines) is 2. The Morgan fingerprint density at radius 3 is 1.93 bits per heavy atom. The second-order valence-corrected chi connectivity index (χ2v) is 16.5. The molecule has 13 nitrogen and oxygen atoms in total. The lowest BCUT2D eigenvalue weighted by atomic mass is 9.90. The number of hydrogen-bond acceptors (Lipinski definition) is 8. The summed E-state index contributed by atoms with van der Waals surface area (Å²) in [4.78, 5) is 59.7. The van der Waals surface area contributed by atoms with E-state index in [1.807, 2.05) is 43.0 Å². The summed E-state index contributed by atoms with van der Waals surface area (Å²) in [5.74, 6) is 1.90. The van der Waals surface area contributed by atoms with Crippen LogP contribution in [0.2, 0.25) is 0 Å². The lowest BCUT2D eigenvalue weighted by Crippen LogP contribution is -2.54. The van der Waals surface area contributed by atoms with Crippen LogP contribution in [-0.4, -0.2) is 91.9 Å². The van der Waals surface area contributed by atoms with Crippen molar-refractivity contribution in [2.45, 2.75) is 102 Å². The van der Waals surface area contributed by atoms with Crippen LogP contribution in [-0.2, 0) is 19.0 Å². The van der Waals surface area contributed by atoms with Gasteiger partial charge < -0.3 is 34.4 Å². The van der Waals surface area contributed by atoms with Gasteiger partial charge in [0.25, 0.3) is 0 Å². The number of rotatable bonds is 8. The van der Waals surface area contributed by atoms with Crippen molar-refractivity contribution in [1.29, 1.82) is 0 Å². The largest absolute Gasteiger partial charge is 0.453 e. The molecule has 3 saturated heterocycles. The lowest BCUT2D eigenvalue weighted by molar-refractivity contribution is -0.138. The summed E-state index contributed by atoms with van der Waals surface area (Å²) in [5.41, 5.74) is 5.39. The smallest absolute Gasteiger partial charge is 0.411 e. The van der Waals surface area contributed by atoms with Crippen LogP contribution in [0.3, 0.4) is 0 Å². The Bertz CT molecular complexity index is 2010. The van der Waals surface area contributed by atoms with Crippen LogP contribution in [0.4, 0.5) is 9.59 Å². The number of H-pyrrole nitrogens is 2. The number of fused-ring (bicyclic) bond motifs is 1. The molecule has 6 atom stereocenters. The van der Waals surface area contributed by atoms with Crippen LogP contribution < -0.4 is 5.32 Å². The number of methoxy groups -OCH3 is 1. The summed E-state index contributed by atoms with van der Waals surface area (Å²) in [6.45, 7) is 8.85. The third kappa shape index (κ3) is 7.58. The number of ether oxygens (including phenoxy) is 3. The Balaban J connectivity index is 0.936. The molecule has 8 rings (SSSR count). The third-order valence-electron chi connectivity index (χ3n) is 11.6. The summed E-state index contributed by atoms with van der Waals surface area (Å²) in [7, 11) is 1.32. The second-order valence-electron chi connectivity index (χ2n) is 16.5. The monoisotopic (exact) mass is 749 g/mol. The van der Waals surface area contributed by atoms with E-state index in [0.29, 0.717) is 32.0 Å². The number of carbonyl (C=O) groups is 3. The normalized spacial score (nSPS) is 24.3. The zero-order valence-electron chi connectivity index (χ0n) is 32.2. The van der Waals surface area contributed by atoms with Gasteiger partial charge in [0.1, 0.15) is 23.3 Å². The minimum atomic E-state index is -0.663. The molecule has 0 spiro atoms. The van der Waals surface area contributed by atoms with Crippen LogP contribution in [0.1, 0.15) is 90.0 Å². The lowest BCUT2D eigenvalue weighted by Gasteiger charge is -2.35. The molecular weight excluding hydrogens is 699 g/mol. The minimum Gasteiger partial charge on any atom is -0.453 e.